The molecule has 0 saturated carbocycles. The second-order valence-electron chi connectivity index (χ2n) is 6.85. The molecule has 2 aromatic heterocycles. The smallest absolute Gasteiger partial charge is 0.295 e. The minimum Gasteiger partial charge on any atom is -0.507 e. The first-order valence-corrected chi connectivity index (χ1v) is 10.4. The Morgan fingerprint density at radius 2 is 1.90 bits per heavy atom. The molecule has 8 heteroatoms. The average molecular weight is 436 g/mol. The van der Waals surface area contributed by atoms with Crippen molar-refractivity contribution in [1.29, 1.82) is 0 Å². The number of hydrogen-bond donors (Lipinski definition) is 1. The average Bonchev–Trinajstić information content (AvgIpc) is 3.41. The second-order valence-corrected chi connectivity index (χ2v) is 7.89. The fourth-order valence-corrected chi connectivity index (χ4v) is 4.35. The maximum Gasteiger partial charge on any atom is 0.295 e. The quantitative estimate of drug-likeness (QED) is 0.359. The lowest BCUT2D eigenvalue weighted by molar-refractivity contribution is -0.140. The van der Waals surface area contributed by atoms with Crippen LogP contribution >= 0.6 is 11.3 Å². The topological polar surface area (TPSA) is 89.0 Å². The summed E-state index contributed by atoms with van der Waals surface area (Å²) < 4.78 is 10.6. The van der Waals surface area contributed by atoms with Gasteiger partial charge in [-0.3, -0.25) is 14.6 Å². The van der Waals surface area contributed by atoms with E-state index in [1.165, 1.54) is 30.5 Å². The van der Waals surface area contributed by atoms with Gasteiger partial charge in [0.2, 0.25) is 0 Å². The van der Waals surface area contributed by atoms with Gasteiger partial charge in [0.25, 0.3) is 11.7 Å². The van der Waals surface area contributed by atoms with Gasteiger partial charge in [-0.1, -0.05) is 6.07 Å². The van der Waals surface area contributed by atoms with Crippen LogP contribution in [0.4, 0.5) is 0 Å². The second kappa shape index (κ2) is 8.61. The molecule has 1 unspecified atom stereocenters. The van der Waals surface area contributed by atoms with Crippen molar-refractivity contribution in [1.82, 2.24) is 9.88 Å². The first-order valence-electron chi connectivity index (χ1n) is 9.48. The molecule has 1 aliphatic heterocycles. The Balaban J connectivity index is 1.88. The summed E-state index contributed by atoms with van der Waals surface area (Å²) in [4.78, 5) is 32.5. The zero-order valence-electron chi connectivity index (χ0n) is 16.9. The summed E-state index contributed by atoms with van der Waals surface area (Å²) in [6.45, 7) is 0.256. The fraction of sp³-hybridized carbons (Fsp3) is 0.174. The first-order chi connectivity index (χ1) is 15.0. The molecule has 7 nitrogen and oxygen atoms in total. The molecule has 1 fully saturated rings. The molecule has 31 heavy (non-hydrogen) atoms. The minimum atomic E-state index is -0.753. The number of Topliss-reactive ketones (excluding diaryl/α,β-unsaturated/α-hetero) is 1. The molecule has 1 amide bonds. The van der Waals surface area contributed by atoms with E-state index in [4.69, 9.17) is 9.47 Å². The summed E-state index contributed by atoms with van der Waals surface area (Å²) >= 11 is 1.50. The third kappa shape index (κ3) is 3.77. The van der Waals surface area contributed by atoms with Crippen LogP contribution in [0, 0.1) is 0 Å². The van der Waals surface area contributed by atoms with Crippen molar-refractivity contribution in [3.63, 3.8) is 0 Å². The number of ketones is 1. The number of aliphatic hydroxyl groups excluding tert-OH is 1. The van der Waals surface area contributed by atoms with Crippen molar-refractivity contribution in [3.8, 4) is 11.5 Å². The Bertz CT molecular complexity index is 1140. The third-order valence-electron chi connectivity index (χ3n) is 5.13. The fourth-order valence-electron chi connectivity index (χ4n) is 3.65. The monoisotopic (exact) mass is 436 g/mol. The minimum absolute atomic E-state index is 0.0104. The molecule has 0 aliphatic carbocycles. The van der Waals surface area contributed by atoms with Crippen LogP contribution in [0.15, 0.2) is 65.8 Å². The highest BCUT2D eigenvalue weighted by atomic mass is 32.1. The maximum atomic E-state index is 13.1. The molecule has 0 spiro atoms. The number of methoxy groups -OCH3 is 2. The van der Waals surface area contributed by atoms with E-state index in [1.807, 2.05) is 17.5 Å². The van der Waals surface area contributed by atoms with Gasteiger partial charge in [0.15, 0.2) is 0 Å². The van der Waals surface area contributed by atoms with E-state index in [-0.39, 0.29) is 17.9 Å². The van der Waals surface area contributed by atoms with E-state index in [1.54, 1.807) is 42.7 Å². The number of pyridine rings is 1. The largest absolute Gasteiger partial charge is 0.507 e. The zero-order valence-corrected chi connectivity index (χ0v) is 17.8. The highest BCUT2D eigenvalue weighted by Crippen LogP contribution is 2.42. The predicted octanol–water partition coefficient (Wildman–Crippen LogP) is 3.78. The molecule has 0 bridgehead atoms. The van der Waals surface area contributed by atoms with Crippen LogP contribution in [0.25, 0.3) is 5.76 Å². The SMILES string of the molecule is COc1ccc(/C(O)=C2/C(=O)C(=O)N(Cc3cccs3)C2c2ccncc2)c(OC)c1. The number of rotatable bonds is 6. The van der Waals surface area contributed by atoms with Gasteiger partial charge in [0.1, 0.15) is 17.3 Å². The van der Waals surface area contributed by atoms with Gasteiger partial charge >= 0.3 is 0 Å². The molecule has 0 radical (unpaired) electrons. The van der Waals surface area contributed by atoms with E-state index in [0.717, 1.165) is 4.88 Å². The van der Waals surface area contributed by atoms with E-state index in [0.29, 0.717) is 22.6 Å². The Hall–Kier alpha value is -3.65. The lowest BCUT2D eigenvalue weighted by Gasteiger charge is -2.25. The first kappa shape index (κ1) is 20.6. The van der Waals surface area contributed by atoms with Crippen molar-refractivity contribution in [3.05, 3.63) is 81.8 Å². The van der Waals surface area contributed by atoms with Gasteiger partial charge in [0, 0.05) is 23.3 Å². The van der Waals surface area contributed by atoms with Gasteiger partial charge in [-0.15, -0.1) is 11.3 Å². The van der Waals surface area contributed by atoms with Gasteiger partial charge in [-0.05, 0) is 41.3 Å². The molecule has 158 valence electrons. The molecular formula is C23H20N2O5S. The van der Waals surface area contributed by atoms with E-state index >= 15 is 0 Å². The van der Waals surface area contributed by atoms with Crippen LogP contribution in [-0.2, 0) is 16.1 Å². The lowest BCUT2D eigenvalue weighted by atomic mass is 9.95. The Morgan fingerprint density at radius 1 is 1.13 bits per heavy atom. The lowest BCUT2D eigenvalue weighted by Crippen LogP contribution is -2.28. The summed E-state index contributed by atoms with van der Waals surface area (Å²) in [5, 5.41) is 13.1. The molecule has 3 aromatic rings. The van der Waals surface area contributed by atoms with Crippen LogP contribution < -0.4 is 9.47 Å². The highest BCUT2D eigenvalue weighted by Gasteiger charge is 2.46. The number of thiophene rings is 1. The third-order valence-corrected chi connectivity index (χ3v) is 5.99. The highest BCUT2D eigenvalue weighted by molar-refractivity contribution is 7.09. The molecular weight excluding hydrogens is 416 g/mol. The molecule has 1 aromatic carbocycles. The molecule has 1 aliphatic rings. The van der Waals surface area contributed by atoms with Crippen LogP contribution in [0.5, 0.6) is 11.5 Å². The summed E-state index contributed by atoms with van der Waals surface area (Å²) in [6, 6.07) is 11.4. The van der Waals surface area contributed by atoms with Gasteiger partial charge < -0.3 is 19.5 Å². The number of ether oxygens (including phenoxy) is 2. The Morgan fingerprint density at radius 3 is 2.55 bits per heavy atom. The zero-order chi connectivity index (χ0) is 22.0. The van der Waals surface area contributed by atoms with Crippen LogP contribution in [0.2, 0.25) is 0 Å². The summed E-state index contributed by atoms with van der Waals surface area (Å²) in [5.74, 6) is -0.835. The number of carbonyl (C=O) groups is 2. The molecule has 4 rings (SSSR count). The molecule has 1 atom stereocenters. The number of nitrogens with zero attached hydrogens (tertiary/aromatic N) is 2. The number of benzene rings is 1. The predicted molar refractivity (Wildman–Crippen MR) is 116 cm³/mol. The number of carbonyl (C=O) groups excluding carboxylic acids is 2. The van der Waals surface area contributed by atoms with Crippen LogP contribution in [-0.4, -0.2) is 40.9 Å². The number of aromatic nitrogens is 1. The summed E-state index contributed by atoms with van der Waals surface area (Å²) in [7, 11) is 2.98. The van der Waals surface area contributed by atoms with Crippen molar-refractivity contribution in [2.24, 2.45) is 0 Å². The van der Waals surface area contributed by atoms with Crippen LogP contribution in [0.3, 0.4) is 0 Å². The summed E-state index contributed by atoms with van der Waals surface area (Å²) in [5.41, 5.74) is 0.993. The number of likely N-dealkylation sites (tertiary alicyclic amines) is 1. The molecule has 1 saturated heterocycles. The Labute approximate surface area is 183 Å². The van der Waals surface area contributed by atoms with E-state index in [9.17, 15) is 14.7 Å². The summed E-state index contributed by atoms with van der Waals surface area (Å²) in [6.07, 6.45) is 3.18. The normalized spacial score (nSPS) is 17.7. The molecule has 3 heterocycles. The number of amides is 1. The Kier molecular flexibility index (Phi) is 5.73. The number of hydrogen-bond acceptors (Lipinski definition) is 7. The van der Waals surface area contributed by atoms with Crippen molar-refractivity contribution in [2.75, 3.05) is 14.2 Å². The number of aliphatic hydroxyl groups is 1. The van der Waals surface area contributed by atoms with Crippen molar-refractivity contribution >= 4 is 28.8 Å². The van der Waals surface area contributed by atoms with Crippen LogP contribution in [0.1, 0.15) is 22.0 Å². The van der Waals surface area contributed by atoms with Gasteiger partial charge in [-0.25, -0.2) is 0 Å². The van der Waals surface area contributed by atoms with E-state index in [2.05, 4.69) is 4.98 Å². The maximum absolute atomic E-state index is 13.1. The standard InChI is InChI=1S/C23H20N2O5S/c1-29-15-5-6-17(18(12-15)30-2)21(26)19-20(14-7-9-24-10-8-14)25(23(28)22(19)27)13-16-4-3-11-31-16/h3-12,20,26H,13H2,1-2H3/b21-19-. The van der Waals surface area contributed by atoms with E-state index < -0.39 is 17.7 Å². The molecule has 1 N–H and O–H groups in total. The van der Waals surface area contributed by atoms with Crippen molar-refractivity contribution < 1.29 is 24.2 Å². The van der Waals surface area contributed by atoms with Crippen molar-refractivity contribution in [2.45, 2.75) is 12.6 Å². The van der Waals surface area contributed by atoms with Gasteiger partial charge in [0.05, 0.1) is 37.9 Å². The van der Waals surface area contributed by atoms with Gasteiger partial charge in [-0.2, -0.15) is 0 Å².